The van der Waals surface area contributed by atoms with Crippen LogP contribution in [0, 0.1) is 0 Å². The van der Waals surface area contributed by atoms with Crippen molar-refractivity contribution in [1.82, 2.24) is 4.90 Å². The van der Waals surface area contributed by atoms with Gasteiger partial charge in [-0.3, -0.25) is 14.5 Å². The van der Waals surface area contributed by atoms with Gasteiger partial charge < -0.3 is 15.0 Å². The number of amides is 2. The maximum absolute atomic E-state index is 12.3. The molecule has 1 aliphatic heterocycles. The topological polar surface area (TPSA) is 126 Å². The van der Waals surface area contributed by atoms with E-state index in [1.54, 1.807) is 20.8 Å². The van der Waals surface area contributed by atoms with Gasteiger partial charge in [0, 0.05) is 6.42 Å². The molecule has 1 saturated heterocycles. The first-order chi connectivity index (χ1) is 10.6. The molecule has 0 N–H and O–H groups in total. The molecule has 1 rings (SSSR count). The van der Waals surface area contributed by atoms with Gasteiger partial charge in [-0.05, 0) is 34.1 Å². The van der Waals surface area contributed by atoms with Crippen molar-refractivity contribution in [1.29, 1.82) is 0 Å². The Kier molecular flexibility index (Phi) is 5.75. The molecule has 1 atom stereocenters. The van der Waals surface area contributed by atoms with Crippen LogP contribution in [0.1, 0.15) is 40.5 Å². The predicted octanol–water partition coefficient (Wildman–Crippen LogP) is 0.0796. The lowest BCUT2D eigenvalue weighted by Crippen LogP contribution is -2.50. The molecule has 1 unspecified atom stereocenters. The monoisotopic (exact) mass is 325 g/mol. The molecule has 9 nitrogen and oxygen atoms in total. The van der Waals surface area contributed by atoms with Crippen LogP contribution in [-0.4, -0.2) is 57.4 Å². The molecule has 0 aromatic carbocycles. The molecule has 1 heterocycles. The van der Waals surface area contributed by atoms with Gasteiger partial charge in [-0.15, -0.1) is 0 Å². The largest absolute Gasteiger partial charge is 0.463 e. The van der Waals surface area contributed by atoms with E-state index in [0.29, 0.717) is 4.90 Å². The molecular formula is C14H19N3O6. The van der Waals surface area contributed by atoms with Crippen molar-refractivity contribution in [3.63, 3.8) is 0 Å². The lowest BCUT2D eigenvalue weighted by atomic mass is 10.1. The third-order valence-electron chi connectivity index (χ3n) is 2.88. The number of carbonyl (C=O) groups is 4. The van der Waals surface area contributed by atoms with Crippen molar-refractivity contribution in [2.45, 2.75) is 52.2 Å². The molecule has 1 aliphatic rings. The van der Waals surface area contributed by atoms with Crippen molar-refractivity contribution in [3.8, 4) is 0 Å². The minimum Gasteiger partial charge on any atom is -0.458 e. The number of hydrogen-bond acceptors (Lipinski definition) is 6. The standard InChI is InChI=1S/C14H19N3O6/c1-5-22-13(21)10(16-15)11(19)17-8(6-7-9(17)18)12(20)23-14(2,3)4/h8H,5-7H2,1-4H3. The summed E-state index contributed by atoms with van der Waals surface area (Å²) in [4.78, 5) is 51.1. The summed E-state index contributed by atoms with van der Waals surface area (Å²) in [6, 6.07) is -1.17. The Hall–Kier alpha value is -2.54. The second kappa shape index (κ2) is 7.15. The minimum absolute atomic E-state index is 0.0470. The molecule has 0 aliphatic carbocycles. The highest BCUT2D eigenvalue weighted by atomic mass is 16.6. The first-order valence-corrected chi connectivity index (χ1v) is 7.10. The number of imide groups is 1. The van der Waals surface area contributed by atoms with Crippen LogP contribution in [0.2, 0.25) is 0 Å². The van der Waals surface area contributed by atoms with E-state index in [-0.39, 0.29) is 19.4 Å². The van der Waals surface area contributed by atoms with Crippen LogP contribution in [0.4, 0.5) is 0 Å². The number of nitrogens with zero attached hydrogens (tertiary/aromatic N) is 3. The van der Waals surface area contributed by atoms with E-state index in [1.807, 2.05) is 0 Å². The summed E-state index contributed by atoms with van der Waals surface area (Å²) in [5.74, 6) is -3.79. The van der Waals surface area contributed by atoms with Crippen LogP contribution in [0.25, 0.3) is 5.53 Å². The van der Waals surface area contributed by atoms with Crippen LogP contribution in [-0.2, 0) is 28.7 Å². The van der Waals surface area contributed by atoms with Gasteiger partial charge in [-0.1, -0.05) is 0 Å². The van der Waals surface area contributed by atoms with Gasteiger partial charge in [0.2, 0.25) is 5.91 Å². The van der Waals surface area contributed by atoms with E-state index in [1.165, 1.54) is 6.92 Å². The Balaban J connectivity index is 3.04. The molecule has 0 aromatic rings. The fraction of sp³-hybridized carbons (Fsp3) is 0.643. The molecule has 0 radical (unpaired) electrons. The summed E-state index contributed by atoms with van der Waals surface area (Å²) in [5.41, 5.74) is 7.10. The third-order valence-corrected chi connectivity index (χ3v) is 2.88. The summed E-state index contributed by atoms with van der Waals surface area (Å²) in [7, 11) is 0. The number of carbonyl (C=O) groups excluding carboxylic acids is 4. The van der Waals surface area contributed by atoms with Crippen LogP contribution < -0.4 is 0 Å². The lowest BCUT2D eigenvalue weighted by Gasteiger charge is -2.25. The number of rotatable bonds is 4. The Bertz CT molecular complexity index is 586. The van der Waals surface area contributed by atoms with Gasteiger partial charge in [0.15, 0.2) is 0 Å². The molecule has 1 fully saturated rings. The zero-order chi connectivity index (χ0) is 17.8. The number of hydrogen-bond donors (Lipinski definition) is 0. The lowest BCUT2D eigenvalue weighted by molar-refractivity contribution is -0.165. The van der Waals surface area contributed by atoms with E-state index in [2.05, 4.69) is 9.53 Å². The maximum atomic E-state index is 12.3. The maximum Gasteiger partial charge on any atom is 0.463 e. The SMILES string of the molecule is CCOC(=O)C(=[N+]=[N-])C(=O)N1C(=O)CCC1C(=O)OC(C)(C)C. The molecule has 126 valence electrons. The smallest absolute Gasteiger partial charge is 0.458 e. The first-order valence-electron chi connectivity index (χ1n) is 7.10. The second-order valence-electron chi connectivity index (χ2n) is 5.83. The summed E-state index contributed by atoms with van der Waals surface area (Å²) >= 11 is 0. The second-order valence-corrected chi connectivity index (χ2v) is 5.83. The van der Waals surface area contributed by atoms with Gasteiger partial charge in [0.1, 0.15) is 11.6 Å². The highest BCUT2D eigenvalue weighted by molar-refractivity contribution is 6.62. The Morgan fingerprint density at radius 3 is 2.43 bits per heavy atom. The fourth-order valence-corrected chi connectivity index (χ4v) is 2.02. The Morgan fingerprint density at radius 2 is 1.96 bits per heavy atom. The Morgan fingerprint density at radius 1 is 1.35 bits per heavy atom. The van der Waals surface area contributed by atoms with E-state index >= 15 is 0 Å². The van der Waals surface area contributed by atoms with Gasteiger partial charge in [0.25, 0.3) is 0 Å². The number of esters is 2. The van der Waals surface area contributed by atoms with Crippen LogP contribution >= 0.6 is 0 Å². The zero-order valence-corrected chi connectivity index (χ0v) is 13.5. The highest BCUT2D eigenvalue weighted by Gasteiger charge is 2.48. The molecule has 0 saturated carbocycles. The van der Waals surface area contributed by atoms with Crippen LogP contribution in [0.15, 0.2) is 0 Å². The minimum atomic E-state index is -1.19. The number of ether oxygens (including phenoxy) is 2. The summed E-state index contributed by atoms with van der Waals surface area (Å²) in [6.07, 6.45) is 0.0121. The zero-order valence-electron chi connectivity index (χ0n) is 13.5. The molecule has 9 heteroatoms. The van der Waals surface area contributed by atoms with E-state index < -0.39 is 41.1 Å². The van der Waals surface area contributed by atoms with E-state index in [9.17, 15) is 19.2 Å². The van der Waals surface area contributed by atoms with Gasteiger partial charge in [0.05, 0.1) is 6.61 Å². The van der Waals surface area contributed by atoms with Crippen molar-refractivity contribution in [2.75, 3.05) is 6.61 Å². The number of likely N-dealkylation sites (tertiary alicyclic amines) is 1. The first kappa shape index (κ1) is 18.5. The van der Waals surface area contributed by atoms with Crippen LogP contribution in [0.3, 0.4) is 0 Å². The normalized spacial score (nSPS) is 17.5. The molecule has 0 aromatic heterocycles. The molecule has 0 bridgehead atoms. The summed E-state index contributed by atoms with van der Waals surface area (Å²) in [5, 5.41) is 0. The van der Waals surface area contributed by atoms with Gasteiger partial charge in [-0.2, -0.15) is 4.79 Å². The predicted molar refractivity (Wildman–Crippen MR) is 76.0 cm³/mol. The molecule has 23 heavy (non-hydrogen) atoms. The van der Waals surface area contributed by atoms with Gasteiger partial charge in [-0.25, -0.2) is 9.59 Å². The van der Waals surface area contributed by atoms with Crippen molar-refractivity contribution in [2.24, 2.45) is 0 Å². The summed E-state index contributed by atoms with van der Waals surface area (Å²) < 4.78 is 9.75. The van der Waals surface area contributed by atoms with Crippen molar-refractivity contribution >= 4 is 29.5 Å². The molecular weight excluding hydrogens is 306 g/mol. The third kappa shape index (κ3) is 4.46. The highest BCUT2D eigenvalue weighted by Crippen LogP contribution is 2.22. The summed E-state index contributed by atoms with van der Waals surface area (Å²) in [6.45, 7) is 6.39. The van der Waals surface area contributed by atoms with Gasteiger partial charge >= 0.3 is 23.6 Å². The van der Waals surface area contributed by atoms with Crippen LogP contribution in [0.5, 0.6) is 0 Å². The molecule has 0 spiro atoms. The Labute approximate surface area is 133 Å². The quantitative estimate of drug-likeness (QED) is 0.237. The average Bonchev–Trinajstić information content (AvgIpc) is 2.79. The molecule has 2 amide bonds. The average molecular weight is 325 g/mol. The van der Waals surface area contributed by atoms with E-state index in [4.69, 9.17) is 10.3 Å². The van der Waals surface area contributed by atoms with E-state index in [0.717, 1.165) is 0 Å². The van der Waals surface area contributed by atoms with Crippen molar-refractivity contribution in [3.05, 3.63) is 5.53 Å². The fourth-order valence-electron chi connectivity index (χ4n) is 2.02. The van der Waals surface area contributed by atoms with Crippen molar-refractivity contribution < 1.29 is 33.4 Å².